The number of carboxylic acid groups (broad SMARTS) is 1. The predicted molar refractivity (Wildman–Crippen MR) is 228 cm³/mol. The lowest BCUT2D eigenvalue weighted by Crippen LogP contribution is -2.53. The molecule has 12 amide bonds. The van der Waals surface area contributed by atoms with Gasteiger partial charge in [-0.1, -0.05) is 0 Å². The second kappa shape index (κ2) is 27.5. The van der Waals surface area contributed by atoms with Crippen LogP contribution in [0.2, 0.25) is 0 Å². The molecule has 0 radical (unpaired) electrons. The number of carboxylic acids is 1. The van der Waals surface area contributed by atoms with E-state index in [-0.39, 0.29) is 17.3 Å². The molecule has 0 saturated carbocycles. The van der Waals surface area contributed by atoms with Crippen molar-refractivity contribution in [2.45, 2.75) is 32.8 Å². The van der Waals surface area contributed by atoms with Gasteiger partial charge in [-0.2, -0.15) is 0 Å². The van der Waals surface area contributed by atoms with Crippen molar-refractivity contribution in [1.29, 1.82) is 0 Å². The van der Waals surface area contributed by atoms with E-state index in [2.05, 4.69) is 63.8 Å². The third kappa shape index (κ3) is 21.5. The van der Waals surface area contributed by atoms with Crippen LogP contribution < -0.4 is 69.5 Å². The largest absolute Gasteiger partial charge is 0.480 e. The molecule has 0 unspecified atom stereocenters. The molecule has 15 N–H and O–H groups in total. The van der Waals surface area contributed by atoms with Crippen LogP contribution in [0.5, 0.6) is 0 Å². The molecule has 30 heteroatoms. The van der Waals surface area contributed by atoms with Crippen molar-refractivity contribution in [1.82, 2.24) is 63.8 Å². The zero-order valence-corrected chi connectivity index (χ0v) is 36.7. The van der Waals surface area contributed by atoms with Crippen molar-refractivity contribution in [2.75, 3.05) is 82.7 Å². The minimum atomic E-state index is -1.48. The van der Waals surface area contributed by atoms with E-state index in [1.807, 2.05) is 0 Å². The first-order valence-corrected chi connectivity index (χ1v) is 22.1. The summed E-state index contributed by atoms with van der Waals surface area (Å²) < 4.78 is 0. The SMILES string of the molecule is N[C@H]1CSc2cc3cc(c2)SC[C@H](NC(=O)CNC(=O)CNC(=O)CNC(=O)CNC(=O)CNC1=O)C(=O)NCC(=O)NCC(=O)NCC(=O)NCC(=O)NCC(=O)N[C@H](C(=O)O)CS3. The minimum absolute atomic E-state index is 0.0596. The second-order valence-electron chi connectivity index (χ2n) is 13.4. The standard InChI is InChI=1S/C35H47N13O14S3/c36-20-14-63-17-1-18-3-19(2-17)65-16-22(35(61)62)48-32(58)13-44-28(54)9-40-24(50)5-38-26(52)7-42-30(56)11-46-34(60)21(15-64-18)47-31(57)12-43-27(53)8-39-23(49)4-37-25(51)6-41-29(55)10-45-33(20)59/h1-3,20-22H,4-16,36H2,(H,37,51)(H,38,52)(H,39,49)(H,40,50)(H,41,55)(H,42,56)(H,43,53)(H,44,54)(H,45,59)(H,46,60)(H,47,57)(H,48,58)(H,61,62)/t20-,21-,22-/m0/s1. The van der Waals surface area contributed by atoms with Gasteiger partial charge in [0, 0.05) is 31.9 Å². The van der Waals surface area contributed by atoms with E-state index in [1.165, 1.54) is 0 Å². The molecule has 3 atom stereocenters. The monoisotopic (exact) mass is 969 g/mol. The molecule has 27 nitrogen and oxygen atoms in total. The van der Waals surface area contributed by atoms with Gasteiger partial charge in [0.25, 0.3) is 0 Å². The molecule has 2 aliphatic rings. The molecule has 354 valence electrons. The number of carbonyl (C=O) groups is 13. The Balaban J connectivity index is 1.94. The number of rotatable bonds is 1. The molecule has 2 heterocycles. The highest BCUT2D eigenvalue weighted by atomic mass is 32.2. The summed E-state index contributed by atoms with van der Waals surface area (Å²) >= 11 is 3.08. The average Bonchev–Trinajstić information content (AvgIpc) is 3.27. The van der Waals surface area contributed by atoms with Crippen LogP contribution in [0.15, 0.2) is 32.9 Å². The number of hydrogen-bond acceptors (Lipinski definition) is 17. The Morgan fingerprint density at radius 1 is 0.415 bits per heavy atom. The first-order chi connectivity index (χ1) is 30.9. The van der Waals surface area contributed by atoms with Crippen molar-refractivity contribution < 1.29 is 67.4 Å². The van der Waals surface area contributed by atoms with Gasteiger partial charge in [0.05, 0.1) is 71.5 Å². The number of benzene rings is 1. The zero-order valence-electron chi connectivity index (χ0n) is 34.2. The maximum absolute atomic E-state index is 13.5. The molecule has 0 spiro atoms. The summed E-state index contributed by atoms with van der Waals surface area (Å²) in [5.41, 5.74) is 6.10. The van der Waals surface area contributed by atoms with Gasteiger partial charge in [-0.3, -0.25) is 57.5 Å². The molecule has 0 aromatic heterocycles. The van der Waals surface area contributed by atoms with Crippen molar-refractivity contribution in [2.24, 2.45) is 5.73 Å². The van der Waals surface area contributed by atoms with Gasteiger partial charge < -0.3 is 74.6 Å². The summed E-state index contributed by atoms with van der Waals surface area (Å²) in [5, 5.41) is 37.2. The molecule has 0 aliphatic carbocycles. The van der Waals surface area contributed by atoms with Crippen molar-refractivity contribution >= 4 is 112 Å². The van der Waals surface area contributed by atoms with Crippen LogP contribution in [0.1, 0.15) is 0 Å². The third-order valence-electron chi connectivity index (χ3n) is 8.15. The maximum atomic E-state index is 13.5. The fourth-order valence-electron chi connectivity index (χ4n) is 4.78. The summed E-state index contributed by atoms with van der Waals surface area (Å²) in [6.45, 7) is -6.13. The van der Waals surface area contributed by atoms with E-state index < -0.39 is 160 Å². The summed E-state index contributed by atoms with van der Waals surface area (Å²) in [7, 11) is 0. The van der Waals surface area contributed by atoms with Gasteiger partial charge in [0.15, 0.2) is 0 Å². The van der Waals surface area contributed by atoms with Crippen LogP contribution in [-0.4, -0.2) is 183 Å². The third-order valence-corrected chi connectivity index (χ3v) is 11.4. The number of nitrogens with two attached hydrogens (primary N) is 1. The van der Waals surface area contributed by atoms with E-state index in [0.717, 1.165) is 35.3 Å². The summed E-state index contributed by atoms with van der Waals surface area (Å²) in [6.07, 6.45) is 0. The highest BCUT2D eigenvalue weighted by Crippen LogP contribution is 2.32. The highest BCUT2D eigenvalue weighted by molar-refractivity contribution is 8.00. The quantitative estimate of drug-likeness (QED) is 0.124. The Hall–Kier alpha value is -6.66. The van der Waals surface area contributed by atoms with E-state index >= 15 is 0 Å². The van der Waals surface area contributed by atoms with E-state index in [4.69, 9.17) is 5.73 Å². The first-order valence-electron chi connectivity index (χ1n) is 19.2. The fraction of sp³-hybridized carbons (Fsp3) is 0.457. The van der Waals surface area contributed by atoms with Gasteiger partial charge in [-0.15, -0.1) is 35.3 Å². The van der Waals surface area contributed by atoms with Gasteiger partial charge in [-0.25, -0.2) is 4.79 Å². The van der Waals surface area contributed by atoms with Crippen LogP contribution in [0.4, 0.5) is 0 Å². The normalized spacial score (nSPS) is 22.4. The first kappa shape index (κ1) is 52.7. The summed E-state index contributed by atoms with van der Waals surface area (Å²) in [4.78, 5) is 163. The Labute approximate surface area is 381 Å². The molecule has 65 heavy (non-hydrogen) atoms. The molecular weight excluding hydrogens is 923 g/mol. The summed E-state index contributed by atoms with van der Waals surface area (Å²) in [5.74, 6) is -11.7. The maximum Gasteiger partial charge on any atom is 0.327 e. The number of aliphatic carboxylic acids is 1. The highest BCUT2D eigenvalue weighted by Gasteiger charge is 2.25. The van der Waals surface area contributed by atoms with Crippen molar-refractivity contribution in [3.8, 4) is 0 Å². The number of amides is 12. The summed E-state index contributed by atoms with van der Waals surface area (Å²) in [6, 6.07) is 0.797. The zero-order chi connectivity index (χ0) is 47.9. The average molecular weight is 970 g/mol. The molecule has 0 saturated heterocycles. The van der Waals surface area contributed by atoms with E-state index in [0.29, 0.717) is 14.7 Å². The Bertz CT molecular complexity index is 2030. The van der Waals surface area contributed by atoms with E-state index in [9.17, 15) is 67.4 Å². The number of carbonyl (C=O) groups excluding carboxylic acids is 12. The molecule has 2 aliphatic heterocycles. The van der Waals surface area contributed by atoms with Crippen LogP contribution in [0, 0.1) is 0 Å². The number of hydrogen-bond donors (Lipinski definition) is 14. The minimum Gasteiger partial charge on any atom is -0.480 e. The molecule has 0 fully saturated rings. The smallest absolute Gasteiger partial charge is 0.327 e. The molecular formula is C35H47N13O14S3. The molecule has 1 aromatic rings. The van der Waals surface area contributed by atoms with Crippen molar-refractivity contribution in [3.63, 3.8) is 0 Å². The Morgan fingerprint density at radius 3 is 1.08 bits per heavy atom. The Morgan fingerprint density at radius 2 is 0.708 bits per heavy atom. The number of nitrogens with one attached hydrogen (secondary N) is 12. The van der Waals surface area contributed by atoms with Crippen LogP contribution in [-0.2, 0) is 62.3 Å². The molecule has 4 bridgehead atoms. The van der Waals surface area contributed by atoms with Crippen LogP contribution in [0.25, 0.3) is 0 Å². The molecule has 3 rings (SSSR count). The number of fused-ring (bicyclic) bond motifs is 4. The lowest BCUT2D eigenvalue weighted by Gasteiger charge is -2.19. The molecule has 1 aromatic carbocycles. The lowest BCUT2D eigenvalue weighted by atomic mass is 10.3. The fourth-order valence-corrected chi connectivity index (χ4v) is 7.97. The van der Waals surface area contributed by atoms with Gasteiger partial charge in [0.2, 0.25) is 70.9 Å². The topological polar surface area (TPSA) is 413 Å². The van der Waals surface area contributed by atoms with Crippen LogP contribution >= 0.6 is 35.3 Å². The van der Waals surface area contributed by atoms with Crippen molar-refractivity contribution in [3.05, 3.63) is 18.2 Å². The lowest BCUT2D eigenvalue weighted by molar-refractivity contribution is -0.141. The van der Waals surface area contributed by atoms with E-state index in [1.54, 1.807) is 18.2 Å². The van der Waals surface area contributed by atoms with Gasteiger partial charge >= 0.3 is 5.97 Å². The van der Waals surface area contributed by atoms with Gasteiger partial charge in [0.1, 0.15) is 12.1 Å². The van der Waals surface area contributed by atoms with Crippen LogP contribution in [0.3, 0.4) is 0 Å². The number of thioether (sulfide) groups is 3. The second-order valence-corrected chi connectivity index (χ2v) is 16.7. The predicted octanol–water partition coefficient (Wildman–Crippen LogP) is -8.47. The Kier molecular flexibility index (Phi) is 22.3. The van der Waals surface area contributed by atoms with Gasteiger partial charge in [-0.05, 0) is 18.2 Å².